The van der Waals surface area contributed by atoms with Crippen molar-refractivity contribution in [1.82, 2.24) is 15.0 Å². The van der Waals surface area contributed by atoms with Gasteiger partial charge in [-0.15, -0.1) is 0 Å². The molecule has 1 unspecified atom stereocenters. The van der Waals surface area contributed by atoms with E-state index >= 15 is 0 Å². The van der Waals surface area contributed by atoms with Gasteiger partial charge < -0.3 is 20.9 Å². The highest BCUT2D eigenvalue weighted by atomic mass is 16.1. The average molecular weight is 247 g/mol. The number of anilines is 3. The minimum atomic E-state index is -0.501. The van der Waals surface area contributed by atoms with Crippen molar-refractivity contribution in [3.63, 3.8) is 0 Å². The van der Waals surface area contributed by atoms with Crippen LogP contribution in [0, 0.1) is 0 Å². The first-order chi connectivity index (χ1) is 8.65. The van der Waals surface area contributed by atoms with E-state index in [2.05, 4.69) is 20.3 Å². The third-order valence-electron chi connectivity index (χ3n) is 2.82. The SMILES string of the molecule is Nc1nc2c(c(=O)[nH]1)NC(N)N2Cc1ccc[nH]1. The van der Waals surface area contributed by atoms with Gasteiger partial charge in [-0.3, -0.25) is 15.5 Å². The van der Waals surface area contributed by atoms with E-state index in [4.69, 9.17) is 11.5 Å². The number of nitrogen functional groups attached to an aromatic ring is 1. The third kappa shape index (κ3) is 1.59. The predicted octanol–water partition coefficient (Wildman–Crippen LogP) is -0.645. The lowest BCUT2D eigenvalue weighted by Crippen LogP contribution is -2.43. The molecule has 8 nitrogen and oxygen atoms in total. The maximum atomic E-state index is 11.7. The Labute approximate surface area is 102 Å². The second-order valence-corrected chi connectivity index (χ2v) is 4.06. The van der Waals surface area contributed by atoms with Crippen molar-refractivity contribution in [2.45, 2.75) is 12.8 Å². The van der Waals surface area contributed by atoms with E-state index < -0.39 is 6.29 Å². The van der Waals surface area contributed by atoms with Crippen molar-refractivity contribution >= 4 is 17.5 Å². The quantitative estimate of drug-likeness (QED) is 0.480. The number of nitrogens with two attached hydrogens (primary N) is 2. The highest BCUT2D eigenvalue weighted by Crippen LogP contribution is 2.28. The van der Waals surface area contributed by atoms with Crippen molar-refractivity contribution in [3.8, 4) is 0 Å². The Morgan fingerprint density at radius 1 is 1.50 bits per heavy atom. The zero-order chi connectivity index (χ0) is 12.7. The number of aromatic amines is 2. The Bertz CT molecular complexity index is 618. The molecule has 0 bridgehead atoms. The first-order valence-electron chi connectivity index (χ1n) is 5.46. The zero-order valence-corrected chi connectivity index (χ0v) is 9.47. The molecule has 0 aromatic carbocycles. The molecule has 0 spiro atoms. The molecular formula is C10H13N7O. The predicted molar refractivity (Wildman–Crippen MR) is 67.8 cm³/mol. The van der Waals surface area contributed by atoms with Crippen molar-refractivity contribution < 1.29 is 0 Å². The zero-order valence-electron chi connectivity index (χ0n) is 9.47. The summed E-state index contributed by atoms with van der Waals surface area (Å²) in [5, 5.41) is 2.88. The van der Waals surface area contributed by atoms with Crippen molar-refractivity contribution in [3.05, 3.63) is 34.4 Å². The van der Waals surface area contributed by atoms with Gasteiger partial charge in [0.15, 0.2) is 12.1 Å². The van der Waals surface area contributed by atoms with Gasteiger partial charge in [0.1, 0.15) is 5.69 Å². The molecule has 1 aliphatic heterocycles. The third-order valence-corrected chi connectivity index (χ3v) is 2.82. The van der Waals surface area contributed by atoms with Gasteiger partial charge in [-0.05, 0) is 12.1 Å². The Balaban J connectivity index is 2.01. The summed E-state index contributed by atoms with van der Waals surface area (Å²) in [6.45, 7) is 0.518. The first-order valence-corrected chi connectivity index (χ1v) is 5.46. The van der Waals surface area contributed by atoms with Gasteiger partial charge in [0.2, 0.25) is 5.95 Å². The molecule has 0 radical (unpaired) electrons. The minimum absolute atomic E-state index is 0.0751. The topological polar surface area (TPSA) is 129 Å². The van der Waals surface area contributed by atoms with Crippen LogP contribution in [0.5, 0.6) is 0 Å². The molecule has 18 heavy (non-hydrogen) atoms. The Kier molecular flexibility index (Phi) is 2.23. The number of rotatable bonds is 2. The summed E-state index contributed by atoms with van der Waals surface area (Å²) < 4.78 is 0. The molecule has 0 saturated carbocycles. The summed E-state index contributed by atoms with van der Waals surface area (Å²) in [4.78, 5) is 23.1. The molecule has 94 valence electrons. The second-order valence-electron chi connectivity index (χ2n) is 4.06. The fraction of sp³-hybridized carbons (Fsp3) is 0.200. The van der Waals surface area contributed by atoms with E-state index in [0.717, 1.165) is 5.69 Å². The van der Waals surface area contributed by atoms with Crippen molar-refractivity contribution in [1.29, 1.82) is 0 Å². The molecule has 8 heteroatoms. The lowest BCUT2D eigenvalue weighted by molar-refractivity contribution is 0.684. The molecule has 0 amide bonds. The number of hydrogen-bond acceptors (Lipinski definition) is 6. The molecule has 0 saturated heterocycles. The number of hydrogen-bond donors (Lipinski definition) is 5. The molecule has 3 rings (SSSR count). The molecule has 0 aliphatic carbocycles. The van der Waals surface area contributed by atoms with Crippen molar-refractivity contribution in [2.24, 2.45) is 5.73 Å². The van der Waals surface area contributed by atoms with Gasteiger partial charge in [-0.2, -0.15) is 4.98 Å². The highest BCUT2D eigenvalue weighted by Gasteiger charge is 2.30. The van der Waals surface area contributed by atoms with Crippen LogP contribution >= 0.6 is 0 Å². The van der Waals surface area contributed by atoms with Crippen LogP contribution in [-0.2, 0) is 6.54 Å². The maximum absolute atomic E-state index is 11.7. The van der Waals surface area contributed by atoms with E-state index in [1.165, 1.54) is 0 Å². The second kappa shape index (κ2) is 3.77. The van der Waals surface area contributed by atoms with Crippen LogP contribution in [0.4, 0.5) is 17.5 Å². The van der Waals surface area contributed by atoms with Gasteiger partial charge >= 0.3 is 0 Å². The first kappa shape index (κ1) is 10.7. The van der Waals surface area contributed by atoms with E-state index in [0.29, 0.717) is 18.1 Å². The largest absolute Gasteiger partial charge is 0.369 e. The number of fused-ring (bicyclic) bond motifs is 1. The van der Waals surface area contributed by atoms with E-state index in [1.54, 1.807) is 4.90 Å². The van der Waals surface area contributed by atoms with Gasteiger partial charge in [0.05, 0.1) is 6.54 Å². The molecular weight excluding hydrogens is 234 g/mol. The summed E-state index contributed by atoms with van der Waals surface area (Å²) in [6.07, 6.45) is 1.32. The molecule has 1 aliphatic rings. The summed E-state index contributed by atoms with van der Waals surface area (Å²) in [5.41, 5.74) is 12.5. The Morgan fingerprint density at radius 3 is 3.06 bits per heavy atom. The van der Waals surface area contributed by atoms with Crippen LogP contribution in [0.1, 0.15) is 5.69 Å². The van der Waals surface area contributed by atoms with Crippen LogP contribution in [0.25, 0.3) is 0 Å². The van der Waals surface area contributed by atoms with Crippen LogP contribution in [0.3, 0.4) is 0 Å². The van der Waals surface area contributed by atoms with Gasteiger partial charge in [-0.25, -0.2) is 0 Å². The van der Waals surface area contributed by atoms with Gasteiger partial charge in [0, 0.05) is 11.9 Å². The van der Waals surface area contributed by atoms with Gasteiger partial charge in [0.25, 0.3) is 5.56 Å². The Morgan fingerprint density at radius 2 is 2.33 bits per heavy atom. The number of H-pyrrole nitrogens is 2. The number of nitrogens with one attached hydrogen (secondary N) is 3. The van der Waals surface area contributed by atoms with Crippen LogP contribution in [-0.4, -0.2) is 21.2 Å². The molecule has 2 aromatic heterocycles. The number of aromatic nitrogens is 3. The van der Waals surface area contributed by atoms with Gasteiger partial charge in [-0.1, -0.05) is 0 Å². The monoisotopic (exact) mass is 247 g/mol. The highest BCUT2D eigenvalue weighted by molar-refractivity contribution is 5.71. The molecule has 3 heterocycles. The smallest absolute Gasteiger partial charge is 0.277 e. The molecule has 0 fully saturated rings. The molecule has 7 N–H and O–H groups in total. The van der Waals surface area contributed by atoms with Crippen LogP contribution in [0.2, 0.25) is 0 Å². The fourth-order valence-corrected chi connectivity index (χ4v) is 2.00. The average Bonchev–Trinajstić information content (AvgIpc) is 2.91. The minimum Gasteiger partial charge on any atom is -0.369 e. The summed E-state index contributed by atoms with van der Waals surface area (Å²) in [6, 6.07) is 3.83. The fourth-order valence-electron chi connectivity index (χ4n) is 2.00. The molecule has 1 atom stereocenters. The lowest BCUT2D eigenvalue weighted by Gasteiger charge is -2.21. The summed E-state index contributed by atoms with van der Waals surface area (Å²) in [5.74, 6) is 0.546. The maximum Gasteiger partial charge on any atom is 0.277 e. The lowest BCUT2D eigenvalue weighted by atomic mass is 10.4. The Hall–Kier alpha value is -2.48. The number of nitrogens with zero attached hydrogens (tertiary/aromatic N) is 2. The molecule has 2 aromatic rings. The standard InChI is InChI=1S/C10H13N7O/c11-9-15-7-6(8(18)16-9)14-10(12)17(7)4-5-2-1-3-13-5/h1-3,10,13-14H,4,12H2,(H3,11,15,16,18). The van der Waals surface area contributed by atoms with E-state index in [1.807, 2.05) is 18.3 Å². The van der Waals surface area contributed by atoms with E-state index in [-0.39, 0.29) is 11.5 Å². The summed E-state index contributed by atoms with van der Waals surface area (Å²) in [7, 11) is 0. The van der Waals surface area contributed by atoms with E-state index in [9.17, 15) is 4.79 Å². The normalized spacial score (nSPS) is 17.6. The van der Waals surface area contributed by atoms with Crippen LogP contribution in [0.15, 0.2) is 23.1 Å². The van der Waals surface area contributed by atoms with Crippen LogP contribution < -0.4 is 27.2 Å². The van der Waals surface area contributed by atoms with Crippen molar-refractivity contribution in [2.75, 3.05) is 16.0 Å². The summed E-state index contributed by atoms with van der Waals surface area (Å²) >= 11 is 0.